The van der Waals surface area contributed by atoms with Crippen LogP contribution < -0.4 is 5.73 Å². The number of fused-ring (bicyclic) bond motifs is 1. The molecule has 66 valence electrons. The summed E-state index contributed by atoms with van der Waals surface area (Å²) in [5, 5.41) is 3.99. The Morgan fingerprint density at radius 1 is 1.62 bits per heavy atom. The van der Waals surface area contributed by atoms with E-state index in [1.807, 2.05) is 0 Å². The molecule has 5 nitrogen and oxygen atoms in total. The number of carbonyl (C=O) groups is 1. The van der Waals surface area contributed by atoms with Crippen molar-refractivity contribution in [2.75, 3.05) is 0 Å². The summed E-state index contributed by atoms with van der Waals surface area (Å²) in [6.45, 7) is 1.77. The van der Waals surface area contributed by atoms with E-state index in [4.69, 9.17) is 5.73 Å². The Bertz CT molecular complexity index is 474. The molecule has 0 spiro atoms. The van der Waals surface area contributed by atoms with Crippen molar-refractivity contribution in [1.29, 1.82) is 0 Å². The van der Waals surface area contributed by atoms with Crippen LogP contribution in [0.3, 0.4) is 0 Å². The quantitative estimate of drug-likeness (QED) is 0.671. The summed E-state index contributed by atoms with van der Waals surface area (Å²) in [5.74, 6) is -0.525. The second kappa shape index (κ2) is 2.55. The van der Waals surface area contributed by atoms with E-state index in [0.717, 1.165) is 0 Å². The zero-order valence-electron chi connectivity index (χ0n) is 7.06. The molecule has 2 heterocycles. The molecule has 0 bridgehead atoms. The number of nitrogens with two attached hydrogens (primary N) is 1. The third-order valence-electron chi connectivity index (χ3n) is 1.86. The number of hydrogen-bond acceptors (Lipinski definition) is 3. The molecule has 2 rings (SSSR count). The van der Waals surface area contributed by atoms with Crippen molar-refractivity contribution >= 4 is 11.6 Å². The molecular weight excluding hydrogens is 168 g/mol. The SMILES string of the molecule is Cc1c(C(N)=O)nn2cccnc12. The van der Waals surface area contributed by atoms with E-state index in [1.165, 1.54) is 4.52 Å². The van der Waals surface area contributed by atoms with E-state index in [9.17, 15) is 4.79 Å². The Morgan fingerprint density at radius 2 is 2.38 bits per heavy atom. The molecule has 0 saturated carbocycles. The van der Waals surface area contributed by atoms with E-state index in [1.54, 1.807) is 25.4 Å². The molecule has 0 unspecified atom stereocenters. The molecule has 0 aliphatic heterocycles. The molecule has 1 amide bonds. The number of aromatic nitrogens is 3. The largest absolute Gasteiger partial charge is 0.364 e. The van der Waals surface area contributed by atoms with Crippen LogP contribution in [-0.2, 0) is 0 Å². The maximum Gasteiger partial charge on any atom is 0.269 e. The topological polar surface area (TPSA) is 73.3 Å². The van der Waals surface area contributed by atoms with Crippen molar-refractivity contribution < 1.29 is 4.79 Å². The fourth-order valence-corrected chi connectivity index (χ4v) is 1.24. The van der Waals surface area contributed by atoms with Crippen LogP contribution in [0.15, 0.2) is 18.5 Å². The normalized spacial score (nSPS) is 10.5. The molecule has 13 heavy (non-hydrogen) atoms. The summed E-state index contributed by atoms with van der Waals surface area (Å²) in [6.07, 6.45) is 3.37. The third kappa shape index (κ3) is 1.05. The van der Waals surface area contributed by atoms with Gasteiger partial charge in [-0.05, 0) is 13.0 Å². The molecular formula is C8H8N4O. The van der Waals surface area contributed by atoms with Crippen LogP contribution in [0.1, 0.15) is 16.1 Å². The van der Waals surface area contributed by atoms with Crippen molar-refractivity contribution in [3.8, 4) is 0 Å². The fraction of sp³-hybridized carbons (Fsp3) is 0.125. The fourth-order valence-electron chi connectivity index (χ4n) is 1.24. The summed E-state index contributed by atoms with van der Waals surface area (Å²) in [7, 11) is 0. The van der Waals surface area contributed by atoms with Crippen molar-refractivity contribution in [3.05, 3.63) is 29.7 Å². The van der Waals surface area contributed by atoms with Gasteiger partial charge in [-0.2, -0.15) is 5.10 Å². The van der Waals surface area contributed by atoms with E-state index in [2.05, 4.69) is 10.1 Å². The zero-order valence-corrected chi connectivity index (χ0v) is 7.06. The average molecular weight is 176 g/mol. The van der Waals surface area contributed by atoms with Crippen molar-refractivity contribution in [2.24, 2.45) is 5.73 Å². The Labute approximate surface area is 74.2 Å². The Balaban J connectivity index is 2.81. The lowest BCUT2D eigenvalue weighted by Crippen LogP contribution is -2.12. The molecule has 0 aromatic carbocycles. The van der Waals surface area contributed by atoms with E-state index < -0.39 is 5.91 Å². The number of carbonyl (C=O) groups excluding carboxylic acids is 1. The Hall–Kier alpha value is -1.91. The first-order valence-electron chi connectivity index (χ1n) is 3.80. The average Bonchev–Trinajstić information content (AvgIpc) is 2.45. The Morgan fingerprint density at radius 3 is 3.00 bits per heavy atom. The number of amides is 1. The minimum atomic E-state index is -0.525. The summed E-state index contributed by atoms with van der Waals surface area (Å²) in [4.78, 5) is 15.0. The minimum absolute atomic E-state index is 0.277. The molecule has 0 aliphatic carbocycles. The highest BCUT2D eigenvalue weighted by Crippen LogP contribution is 2.10. The van der Waals surface area contributed by atoms with Crippen LogP contribution in [0.25, 0.3) is 5.65 Å². The molecule has 0 aliphatic rings. The highest BCUT2D eigenvalue weighted by molar-refractivity contribution is 5.93. The molecule has 0 radical (unpaired) electrons. The predicted octanol–water partition coefficient (Wildman–Crippen LogP) is 0.137. The van der Waals surface area contributed by atoms with Gasteiger partial charge >= 0.3 is 0 Å². The van der Waals surface area contributed by atoms with Gasteiger partial charge in [0.25, 0.3) is 5.91 Å². The van der Waals surface area contributed by atoms with Gasteiger partial charge in [0.05, 0.1) is 0 Å². The highest BCUT2D eigenvalue weighted by atomic mass is 16.1. The van der Waals surface area contributed by atoms with E-state index in [-0.39, 0.29) is 5.69 Å². The maximum atomic E-state index is 10.9. The summed E-state index contributed by atoms with van der Waals surface area (Å²) < 4.78 is 1.54. The van der Waals surface area contributed by atoms with Gasteiger partial charge in [0.1, 0.15) is 0 Å². The van der Waals surface area contributed by atoms with Crippen molar-refractivity contribution in [1.82, 2.24) is 14.6 Å². The molecule has 2 aromatic rings. The molecule has 2 aromatic heterocycles. The second-order valence-corrected chi connectivity index (χ2v) is 2.73. The third-order valence-corrected chi connectivity index (χ3v) is 1.86. The lowest BCUT2D eigenvalue weighted by Gasteiger charge is -1.88. The van der Waals surface area contributed by atoms with Crippen LogP contribution in [0, 0.1) is 6.92 Å². The summed E-state index contributed by atoms with van der Waals surface area (Å²) in [5.41, 5.74) is 6.79. The van der Waals surface area contributed by atoms with Gasteiger partial charge in [-0.1, -0.05) is 0 Å². The van der Waals surface area contributed by atoms with Gasteiger partial charge in [0.15, 0.2) is 11.3 Å². The van der Waals surface area contributed by atoms with Crippen LogP contribution in [0.5, 0.6) is 0 Å². The van der Waals surface area contributed by atoms with Crippen LogP contribution in [-0.4, -0.2) is 20.5 Å². The lowest BCUT2D eigenvalue weighted by molar-refractivity contribution is 0.0994. The first kappa shape index (κ1) is 7.72. The first-order chi connectivity index (χ1) is 6.20. The molecule has 0 atom stereocenters. The zero-order chi connectivity index (χ0) is 9.42. The predicted molar refractivity (Wildman–Crippen MR) is 46.2 cm³/mol. The van der Waals surface area contributed by atoms with Gasteiger partial charge in [-0.25, -0.2) is 9.50 Å². The summed E-state index contributed by atoms with van der Waals surface area (Å²) >= 11 is 0. The van der Waals surface area contributed by atoms with Crippen LogP contribution >= 0.6 is 0 Å². The maximum absolute atomic E-state index is 10.9. The molecule has 0 fully saturated rings. The standard InChI is InChI=1S/C8H8N4O/c1-5-6(7(9)13)11-12-4-2-3-10-8(5)12/h2-4H,1H3,(H2,9,13). The van der Waals surface area contributed by atoms with Gasteiger partial charge in [-0.3, -0.25) is 4.79 Å². The van der Waals surface area contributed by atoms with Crippen LogP contribution in [0.2, 0.25) is 0 Å². The van der Waals surface area contributed by atoms with Crippen molar-refractivity contribution in [3.63, 3.8) is 0 Å². The minimum Gasteiger partial charge on any atom is -0.364 e. The molecule has 0 saturated heterocycles. The van der Waals surface area contributed by atoms with E-state index in [0.29, 0.717) is 11.2 Å². The summed E-state index contributed by atoms with van der Waals surface area (Å²) in [6, 6.07) is 1.74. The smallest absolute Gasteiger partial charge is 0.269 e. The first-order valence-corrected chi connectivity index (χ1v) is 3.80. The number of nitrogens with zero attached hydrogens (tertiary/aromatic N) is 3. The van der Waals surface area contributed by atoms with Gasteiger partial charge < -0.3 is 5.73 Å². The number of hydrogen-bond donors (Lipinski definition) is 1. The monoisotopic (exact) mass is 176 g/mol. The van der Waals surface area contributed by atoms with Gasteiger partial charge in [0.2, 0.25) is 0 Å². The van der Waals surface area contributed by atoms with Gasteiger partial charge in [-0.15, -0.1) is 0 Å². The molecule has 5 heteroatoms. The van der Waals surface area contributed by atoms with E-state index >= 15 is 0 Å². The molecule has 2 N–H and O–H groups in total. The Kier molecular flexibility index (Phi) is 1.51. The number of primary amides is 1. The second-order valence-electron chi connectivity index (χ2n) is 2.73. The van der Waals surface area contributed by atoms with Crippen LogP contribution in [0.4, 0.5) is 0 Å². The van der Waals surface area contributed by atoms with Gasteiger partial charge in [0, 0.05) is 18.0 Å². The highest BCUT2D eigenvalue weighted by Gasteiger charge is 2.12. The van der Waals surface area contributed by atoms with Crippen molar-refractivity contribution in [2.45, 2.75) is 6.92 Å². The number of aryl methyl sites for hydroxylation is 1. The lowest BCUT2D eigenvalue weighted by atomic mass is 10.2. The number of rotatable bonds is 1.